The molecule has 0 saturated heterocycles. The molecule has 0 aliphatic rings. The second kappa shape index (κ2) is 4.94. The highest BCUT2D eigenvalue weighted by Crippen LogP contribution is 2.10. The van der Waals surface area contributed by atoms with Gasteiger partial charge >= 0.3 is 5.97 Å². The lowest BCUT2D eigenvalue weighted by Crippen LogP contribution is -2.29. The molecule has 0 saturated carbocycles. The summed E-state index contributed by atoms with van der Waals surface area (Å²) in [4.78, 5) is 21.6. The number of hydrogen-bond acceptors (Lipinski definition) is 2. The highest BCUT2D eigenvalue weighted by Gasteiger charge is 2.09. The van der Waals surface area contributed by atoms with Gasteiger partial charge < -0.3 is 10.4 Å². The van der Waals surface area contributed by atoms with Crippen molar-refractivity contribution in [2.45, 2.75) is 0 Å². The highest BCUT2D eigenvalue weighted by atomic mass is 127. The van der Waals surface area contributed by atoms with Crippen LogP contribution in [0.4, 0.5) is 0 Å². The number of halogens is 1. The smallest absolute Gasteiger partial charge is 0.322 e. The van der Waals surface area contributed by atoms with Crippen LogP contribution in [0.3, 0.4) is 0 Å². The summed E-state index contributed by atoms with van der Waals surface area (Å²) in [6, 6.07) is 6.99. The van der Waals surface area contributed by atoms with Crippen LogP contribution in [0.25, 0.3) is 0 Å². The van der Waals surface area contributed by atoms with Crippen molar-refractivity contribution in [3.05, 3.63) is 33.4 Å². The molecule has 0 atom stereocenters. The van der Waals surface area contributed by atoms with Gasteiger partial charge in [0.15, 0.2) is 0 Å². The van der Waals surface area contributed by atoms with Crippen LogP contribution in [-0.4, -0.2) is 23.5 Å². The molecule has 0 aromatic heterocycles. The zero-order chi connectivity index (χ0) is 10.6. The van der Waals surface area contributed by atoms with Crippen molar-refractivity contribution in [3.8, 4) is 0 Å². The Labute approximate surface area is 94.5 Å². The maximum Gasteiger partial charge on any atom is 0.322 e. The lowest BCUT2D eigenvalue weighted by atomic mass is 10.2. The standard InChI is InChI=1S/C9H8INO3/c10-7-4-2-1-3-6(7)9(14)11-5-8(12)13/h1-4H,5H2,(H,11,14)(H,12,13)/i5+1,8+1,11+1. The molecule has 1 aromatic rings. The van der Waals surface area contributed by atoms with Crippen molar-refractivity contribution in [2.75, 3.05) is 6.54 Å². The Morgan fingerprint density at radius 3 is 2.57 bits per heavy atom. The Morgan fingerprint density at radius 1 is 1.36 bits per heavy atom. The number of carbonyl (C=O) groups is 2. The van der Waals surface area contributed by atoms with Crippen LogP contribution in [0.5, 0.6) is 0 Å². The number of carboxylic acids is 1. The van der Waals surface area contributed by atoms with Gasteiger partial charge in [0, 0.05) is 3.57 Å². The zero-order valence-corrected chi connectivity index (χ0v) is 9.32. The zero-order valence-electron chi connectivity index (χ0n) is 7.16. The molecule has 1 aromatic carbocycles. The maximum atomic E-state index is 11.4. The third-order valence-electron chi connectivity index (χ3n) is 1.52. The van der Waals surface area contributed by atoms with E-state index in [1.807, 2.05) is 28.7 Å². The number of carbonyl (C=O) groups excluding carboxylic acids is 1. The van der Waals surface area contributed by atoms with Gasteiger partial charge in [-0.3, -0.25) is 9.59 Å². The van der Waals surface area contributed by atoms with Gasteiger partial charge in [-0.05, 0) is 34.7 Å². The van der Waals surface area contributed by atoms with Crippen LogP contribution >= 0.6 is 22.6 Å². The normalized spacial score (nSPS) is 9.50. The quantitative estimate of drug-likeness (QED) is 0.499. The van der Waals surface area contributed by atoms with Crippen LogP contribution < -0.4 is 5.32 Å². The van der Waals surface area contributed by atoms with E-state index in [2.05, 4.69) is 5.32 Å². The number of rotatable bonds is 3. The number of nitrogens with one attached hydrogen (secondary N) is 1. The topological polar surface area (TPSA) is 66.4 Å². The molecule has 4 nitrogen and oxygen atoms in total. The molecular formula is C9H8INO3. The molecule has 0 aliphatic heterocycles. The third kappa shape index (κ3) is 2.99. The minimum Gasteiger partial charge on any atom is -0.480 e. The van der Waals surface area contributed by atoms with Crippen LogP contribution in [0, 0.1) is 3.57 Å². The molecule has 0 heterocycles. The molecule has 2 N–H and O–H groups in total. The molecule has 1 amide bonds. The van der Waals surface area contributed by atoms with Gasteiger partial charge in [-0.1, -0.05) is 12.1 Å². The first-order chi connectivity index (χ1) is 6.61. The van der Waals surface area contributed by atoms with E-state index in [4.69, 9.17) is 5.11 Å². The largest absolute Gasteiger partial charge is 0.480 e. The predicted octanol–water partition coefficient (Wildman–Crippen LogP) is 1.11. The first kappa shape index (κ1) is 11.0. The Kier molecular flexibility index (Phi) is 3.87. The average Bonchev–Trinajstić information content (AvgIpc) is 2.15. The fraction of sp³-hybridized carbons (Fsp3) is 0.111. The lowest BCUT2D eigenvalue weighted by molar-refractivity contribution is -0.135. The molecule has 1 rings (SSSR count). The minimum atomic E-state index is -1.05. The van der Waals surface area contributed by atoms with E-state index in [1.165, 1.54) is 0 Å². The van der Waals surface area contributed by atoms with Crippen LogP contribution in [-0.2, 0) is 4.79 Å². The maximum absolute atomic E-state index is 11.4. The van der Waals surface area contributed by atoms with E-state index in [1.54, 1.807) is 18.2 Å². The van der Waals surface area contributed by atoms with E-state index in [0.717, 1.165) is 3.57 Å². The summed E-state index contributed by atoms with van der Waals surface area (Å²) in [6.45, 7) is -0.357. The van der Waals surface area contributed by atoms with Crippen LogP contribution in [0.1, 0.15) is 10.4 Å². The summed E-state index contributed by atoms with van der Waals surface area (Å²) < 4.78 is 0.799. The second-order valence-corrected chi connectivity index (χ2v) is 3.72. The van der Waals surface area contributed by atoms with Gasteiger partial charge in [-0.25, -0.2) is 0 Å². The highest BCUT2D eigenvalue weighted by molar-refractivity contribution is 14.1. The molecule has 0 aliphatic carbocycles. The van der Waals surface area contributed by atoms with Gasteiger partial charge in [0.1, 0.15) is 6.54 Å². The number of hydrogen-bond donors (Lipinski definition) is 2. The molecule has 5 heteroatoms. The van der Waals surface area contributed by atoms with Gasteiger partial charge in [0.05, 0.1) is 5.56 Å². The summed E-state index contributed by atoms with van der Waals surface area (Å²) in [5.74, 6) is -1.42. The van der Waals surface area contributed by atoms with E-state index in [0.29, 0.717) is 5.56 Å². The summed E-state index contributed by atoms with van der Waals surface area (Å²) in [5, 5.41) is 10.7. The van der Waals surface area contributed by atoms with Crippen molar-refractivity contribution in [3.63, 3.8) is 0 Å². The Morgan fingerprint density at radius 2 is 2.00 bits per heavy atom. The van der Waals surface area contributed by atoms with E-state index in [9.17, 15) is 9.59 Å². The lowest BCUT2D eigenvalue weighted by Gasteiger charge is -2.03. The molecular weight excluding hydrogens is 300 g/mol. The Hall–Kier alpha value is -1.11. The Balaban J connectivity index is 2.70. The van der Waals surface area contributed by atoms with Crippen molar-refractivity contribution in [1.82, 2.24) is 5.32 Å². The minimum absolute atomic E-state index is 0.357. The van der Waals surface area contributed by atoms with Crippen molar-refractivity contribution in [2.24, 2.45) is 0 Å². The van der Waals surface area contributed by atoms with E-state index in [-0.39, 0.29) is 12.5 Å². The van der Waals surface area contributed by atoms with Crippen molar-refractivity contribution in [1.29, 1.82) is 0 Å². The number of aliphatic carboxylic acids is 1. The summed E-state index contributed by atoms with van der Waals surface area (Å²) in [5.41, 5.74) is 0.495. The number of amides is 1. The summed E-state index contributed by atoms with van der Waals surface area (Å²) in [6.07, 6.45) is 0. The van der Waals surface area contributed by atoms with Gasteiger partial charge in [0.25, 0.3) is 5.91 Å². The van der Waals surface area contributed by atoms with E-state index >= 15 is 0 Å². The molecule has 14 heavy (non-hydrogen) atoms. The van der Waals surface area contributed by atoms with Crippen molar-refractivity contribution >= 4 is 34.5 Å². The second-order valence-electron chi connectivity index (χ2n) is 2.56. The molecule has 0 radical (unpaired) electrons. The van der Waals surface area contributed by atoms with Crippen LogP contribution in [0.15, 0.2) is 24.3 Å². The molecule has 0 fully saturated rings. The summed E-state index contributed by atoms with van der Waals surface area (Å²) in [7, 11) is 0. The van der Waals surface area contributed by atoms with Crippen LogP contribution in [0.2, 0.25) is 0 Å². The van der Waals surface area contributed by atoms with Gasteiger partial charge in [-0.2, -0.15) is 0 Å². The molecule has 0 unspecified atom stereocenters. The molecule has 0 spiro atoms. The van der Waals surface area contributed by atoms with Gasteiger partial charge in [-0.15, -0.1) is 0 Å². The molecule has 74 valence electrons. The number of carboxylic acid groups (broad SMARTS) is 1. The average molecular weight is 308 g/mol. The fourth-order valence-electron chi connectivity index (χ4n) is 0.896. The van der Waals surface area contributed by atoms with Gasteiger partial charge in [0.2, 0.25) is 0 Å². The molecule has 0 bridgehead atoms. The van der Waals surface area contributed by atoms with Crippen molar-refractivity contribution < 1.29 is 14.7 Å². The van der Waals surface area contributed by atoms with E-state index < -0.39 is 5.97 Å². The third-order valence-corrected chi connectivity index (χ3v) is 2.46. The predicted molar refractivity (Wildman–Crippen MR) is 59.1 cm³/mol. The first-order valence-corrected chi connectivity index (χ1v) is 4.93. The summed E-state index contributed by atoms with van der Waals surface area (Å²) >= 11 is 2.02. The number of benzene rings is 1. The fourth-order valence-corrected chi connectivity index (χ4v) is 1.53. The monoisotopic (exact) mass is 308 g/mol. The first-order valence-electron chi connectivity index (χ1n) is 3.86. The SMILES string of the molecule is O=C([15NH][13CH2][13C](=O)O)c1ccccc1I. The Bertz CT molecular complexity index is 365.